The first-order valence-corrected chi connectivity index (χ1v) is 8.68. The maximum absolute atomic E-state index is 9.63. The summed E-state index contributed by atoms with van der Waals surface area (Å²) in [6.07, 6.45) is 1.42. The molecule has 0 amide bonds. The molecule has 0 spiro atoms. The Morgan fingerprint density at radius 3 is 2.78 bits per heavy atom. The van der Waals surface area contributed by atoms with Gasteiger partial charge in [0.25, 0.3) is 0 Å². The normalized spacial score (nSPS) is 21.7. The largest absolute Gasteiger partial charge is 0.475 e. The van der Waals surface area contributed by atoms with Gasteiger partial charge < -0.3 is 20.9 Å². The number of hydrogen-bond acceptors (Lipinski definition) is 7. The van der Waals surface area contributed by atoms with Crippen LogP contribution in [-0.4, -0.2) is 27.3 Å². The zero-order valence-corrected chi connectivity index (χ0v) is 14.1. The summed E-state index contributed by atoms with van der Waals surface area (Å²) in [7, 11) is 0. The summed E-state index contributed by atoms with van der Waals surface area (Å²) in [6, 6.07) is 6.01. The number of nitrogens with one attached hydrogen (secondary N) is 1. The van der Waals surface area contributed by atoms with Gasteiger partial charge in [-0.1, -0.05) is 6.07 Å². The fourth-order valence-electron chi connectivity index (χ4n) is 2.77. The van der Waals surface area contributed by atoms with E-state index in [1.807, 2.05) is 19.9 Å². The first kappa shape index (κ1) is 16.0. The van der Waals surface area contributed by atoms with E-state index in [1.54, 1.807) is 17.4 Å². The van der Waals surface area contributed by atoms with Gasteiger partial charge in [-0.05, 0) is 44.1 Å². The number of ether oxygens (including phenoxy) is 1. The van der Waals surface area contributed by atoms with E-state index in [2.05, 4.69) is 26.7 Å². The minimum atomic E-state index is -0.195. The molecule has 1 fully saturated rings. The third-order valence-electron chi connectivity index (χ3n) is 3.85. The maximum Gasteiger partial charge on any atom is 0.225 e. The highest BCUT2D eigenvalue weighted by Gasteiger charge is 2.35. The number of anilines is 2. The van der Waals surface area contributed by atoms with Crippen LogP contribution in [0.4, 0.5) is 11.8 Å². The zero-order chi connectivity index (χ0) is 16.4. The van der Waals surface area contributed by atoms with Crippen molar-refractivity contribution < 1.29 is 9.84 Å². The van der Waals surface area contributed by atoms with Crippen molar-refractivity contribution in [3.8, 4) is 5.88 Å². The average Bonchev–Trinajstić information content (AvgIpc) is 2.94. The average molecular weight is 334 g/mol. The standard InChI is InChI=1S/C16H22N4O2S/c1-9(2)22-14-8-13(19-16(17)20-14)18-15(10-6-11(21)7-10)12-4-3-5-23-12/h3-5,8-11,15,21H,6-7H2,1-2H3,(H3,17,18,19,20)/t10?,11?,15-/m0/s1. The highest BCUT2D eigenvalue weighted by molar-refractivity contribution is 7.10. The molecule has 124 valence electrons. The molecule has 1 atom stereocenters. The number of nitrogens with two attached hydrogens (primary N) is 1. The van der Waals surface area contributed by atoms with Crippen LogP contribution in [0.3, 0.4) is 0 Å². The van der Waals surface area contributed by atoms with Crippen molar-refractivity contribution in [2.75, 3.05) is 11.1 Å². The number of aromatic nitrogens is 2. The summed E-state index contributed by atoms with van der Waals surface area (Å²) in [6.45, 7) is 3.88. The first-order valence-electron chi connectivity index (χ1n) is 7.80. The molecule has 6 nitrogen and oxygen atoms in total. The molecule has 1 aliphatic rings. The fraction of sp³-hybridized carbons (Fsp3) is 0.500. The Bertz CT molecular complexity index is 642. The Morgan fingerprint density at radius 2 is 2.17 bits per heavy atom. The molecule has 2 aromatic rings. The van der Waals surface area contributed by atoms with E-state index in [-0.39, 0.29) is 24.2 Å². The van der Waals surface area contributed by atoms with Gasteiger partial charge in [0.15, 0.2) is 0 Å². The van der Waals surface area contributed by atoms with Crippen LogP contribution in [-0.2, 0) is 0 Å². The van der Waals surface area contributed by atoms with Crippen molar-refractivity contribution in [1.29, 1.82) is 0 Å². The molecule has 1 saturated carbocycles. The van der Waals surface area contributed by atoms with E-state index < -0.39 is 0 Å². The fourth-order valence-corrected chi connectivity index (χ4v) is 3.64. The molecule has 0 aliphatic heterocycles. The quantitative estimate of drug-likeness (QED) is 0.752. The van der Waals surface area contributed by atoms with Crippen molar-refractivity contribution in [3.05, 3.63) is 28.5 Å². The second kappa shape index (κ2) is 6.72. The van der Waals surface area contributed by atoms with Crippen LogP contribution in [0.2, 0.25) is 0 Å². The second-order valence-electron chi connectivity index (χ2n) is 6.14. The molecule has 2 heterocycles. The van der Waals surface area contributed by atoms with Crippen LogP contribution < -0.4 is 15.8 Å². The van der Waals surface area contributed by atoms with Gasteiger partial charge in [-0.15, -0.1) is 11.3 Å². The number of aliphatic hydroxyl groups excluding tert-OH is 1. The van der Waals surface area contributed by atoms with Crippen molar-refractivity contribution >= 4 is 23.1 Å². The number of nitrogen functional groups attached to an aromatic ring is 1. The lowest BCUT2D eigenvalue weighted by atomic mass is 9.77. The van der Waals surface area contributed by atoms with Crippen LogP contribution in [0.15, 0.2) is 23.6 Å². The van der Waals surface area contributed by atoms with E-state index in [1.165, 1.54) is 4.88 Å². The Morgan fingerprint density at radius 1 is 1.39 bits per heavy atom. The predicted octanol–water partition coefficient (Wildman–Crippen LogP) is 2.83. The molecule has 0 bridgehead atoms. The van der Waals surface area contributed by atoms with Crippen LogP contribution in [0, 0.1) is 5.92 Å². The summed E-state index contributed by atoms with van der Waals surface area (Å²) in [4.78, 5) is 9.60. The molecule has 7 heteroatoms. The number of thiophene rings is 1. The van der Waals surface area contributed by atoms with Crippen molar-refractivity contribution in [1.82, 2.24) is 9.97 Å². The van der Waals surface area contributed by atoms with Crippen LogP contribution in [0.5, 0.6) is 5.88 Å². The highest BCUT2D eigenvalue weighted by Crippen LogP contribution is 2.41. The number of aliphatic hydroxyl groups is 1. The Hall–Kier alpha value is -1.86. The first-order chi connectivity index (χ1) is 11.0. The lowest BCUT2D eigenvalue weighted by Gasteiger charge is -2.37. The van der Waals surface area contributed by atoms with Gasteiger partial charge in [-0.2, -0.15) is 9.97 Å². The molecule has 2 aromatic heterocycles. The van der Waals surface area contributed by atoms with E-state index >= 15 is 0 Å². The third-order valence-corrected chi connectivity index (χ3v) is 4.81. The SMILES string of the molecule is CC(C)Oc1cc(N[C@H](c2cccs2)C2CC(O)C2)nc(N)n1. The molecular formula is C16H22N4O2S. The lowest BCUT2D eigenvalue weighted by Crippen LogP contribution is -2.35. The Balaban J connectivity index is 1.81. The minimum Gasteiger partial charge on any atom is -0.475 e. The monoisotopic (exact) mass is 334 g/mol. The molecule has 1 aliphatic carbocycles. The summed E-state index contributed by atoms with van der Waals surface area (Å²) < 4.78 is 5.62. The molecular weight excluding hydrogens is 312 g/mol. The minimum absolute atomic E-state index is 0.0204. The number of nitrogens with zero attached hydrogens (tertiary/aromatic N) is 2. The van der Waals surface area contributed by atoms with Crippen LogP contribution in [0.25, 0.3) is 0 Å². The highest BCUT2D eigenvalue weighted by atomic mass is 32.1. The summed E-state index contributed by atoms with van der Waals surface area (Å²) in [5, 5.41) is 15.1. The molecule has 4 N–H and O–H groups in total. The summed E-state index contributed by atoms with van der Waals surface area (Å²) >= 11 is 1.70. The molecule has 0 radical (unpaired) electrons. The van der Waals surface area contributed by atoms with Gasteiger partial charge in [0.1, 0.15) is 5.82 Å². The molecule has 0 saturated heterocycles. The third kappa shape index (κ3) is 3.92. The van der Waals surface area contributed by atoms with Crippen molar-refractivity contribution in [3.63, 3.8) is 0 Å². The number of hydrogen-bond donors (Lipinski definition) is 3. The Kier molecular flexibility index (Phi) is 4.68. The molecule has 3 rings (SSSR count). The van der Waals surface area contributed by atoms with Gasteiger partial charge >= 0.3 is 0 Å². The topological polar surface area (TPSA) is 93.3 Å². The maximum atomic E-state index is 9.63. The van der Waals surface area contributed by atoms with Gasteiger partial charge in [0.2, 0.25) is 11.8 Å². The van der Waals surface area contributed by atoms with E-state index in [9.17, 15) is 5.11 Å². The zero-order valence-electron chi connectivity index (χ0n) is 13.3. The Labute approximate surface area is 139 Å². The van der Waals surface area contributed by atoms with Gasteiger partial charge in [-0.3, -0.25) is 0 Å². The number of rotatable bonds is 6. The van der Waals surface area contributed by atoms with Crippen LogP contribution >= 0.6 is 11.3 Å². The molecule has 0 unspecified atom stereocenters. The molecule has 0 aromatic carbocycles. The van der Waals surface area contributed by atoms with E-state index in [4.69, 9.17) is 10.5 Å². The second-order valence-corrected chi connectivity index (χ2v) is 7.12. The van der Waals surface area contributed by atoms with E-state index in [0.717, 1.165) is 12.8 Å². The van der Waals surface area contributed by atoms with E-state index in [0.29, 0.717) is 17.6 Å². The lowest BCUT2D eigenvalue weighted by molar-refractivity contribution is 0.0344. The summed E-state index contributed by atoms with van der Waals surface area (Å²) in [5.41, 5.74) is 5.79. The van der Waals surface area contributed by atoms with Crippen LogP contribution in [0.1, 0.15) is 37.6 Å². The van der Waals surface area contributed by atoms with Gasteiger partial charge in [0.05, 0.1) is 18.2 Å². The summed E-state index contributed by atoms with van der Waals surface area (Å²) in [5.74, 6) is 1.68. The molecule has 23 heavy (non-hydrogen) atoms. The van der Waals surface area contributed by atoms with Crippen molar-refractivity contribution in [2.24, 2.45) is 5.92 Å². The smallest absolute Gasteiger partial charge is 0.225 e. The van der Waals surface area contributed by atoms with Crippen molar-refractivity contribution in [2.45, 2.75) is 44.9 Å². The predicted molar refractivity (Wildman–Crippen MR) is 91.6 cm³/mol. The van der Waals surface area contributed by atoms with Gasteiger partial charge in [0, 0.05) is 10.9 Å². The van der Waals surface area contributed by atoms with Gasteiger partial charge in [-0.25, -0.2) is 0 Å².